The van der Waals surface area contributed by atoms with Crippen LogP contribution in [0.2, 0.25) is 0 Å². The molecule has 2 aromatic heterocycles. The van der Waals surface area contributed by atoms with Gasteiger partial charge in [0, 0.05) is 6.42 Å². The van der Waals surface area contributed by atoms with Crippen LogP contribution in [0.25, 0.3) is 21.9 Å². The first-order valence-corrected chi connectivity index (χ1v) is 11.1. The molecule has 1 atom stereocenters. The molecular formula is C21H22N6O2S. The molecule has 4 aromatic rings. The number of aromatic nitrogens is 5. The molecule has 0 bridgehead atoms. The summed E-state index contributed by atoms with van der Waals surface area (Å²) in [6.45, 7) is 0.165. The van der Waals surface area contributed by atoms with Crippen LogP contribution in [-0.2, 0) is 11.3 Å². The minimum absolute atomic E-state index is 0.128. The second-order valence-corrected chi connectivity index (χ2v) is 7.91. The number of fused-ring (bicyclic) bond motifs is 2. The number of benzene rings is 2. The molecule has 0 saturated carbocycles. The van der Waals surface area contributed by atoms with Gasteiger partial charge in [-0.1, -0.05) is 29.5 Å². The summed E-state index contributed by atoms with van der Waals surface area (Å²) in [5.74, 6) is 1.46. The Labute approximate surface area is 177 Å². The van der Waals surface area contributed by atoms with Crippen LogP contribution < -0.4 is 10.9 Å². The van der Waals surface area contributed by atoms with Gasteiger partial charge in [-0.25, -0.2) is 9.67 Å². The van der Waals surface area contributed by atoms with Gasteiger partial charge in [0.1, 0.15) is 11.3 Å². The van der Waals surface area contributed by atoms with E-state index in [4.69, 9.17) is 0 Å². The number of aromatic amines is 1. The fourth-order valence-corrected chi connectivity index (χ4v) is 3.77. The number of thioether (sulfide) groups is 1. The zero-order valence-corrected chi connectivity index (χ0v) is 17.4. The van der Waals surface area contributed by atoms with Crippen molar-refractivity contribution in [2.75, 3.05) is 12.0 Å². The van der Waals surface area contributed by atoms with Crippen LogP contribution in [0.1, 0.15) is 24.7 Å². The average molecular weight is 423 g/mol. The minimum atomic E-state index is -0.246. The molecule has 154 valence electrons. The zero-order valence-electron chi connectivity index (χ0n) is 16.5. The summed E-state index contributed by atoms with van der Waals surface area (Å²) in [5.41, 5.74) is 2.11. The van der Waals surface area contributed by atoms with Crippen molar-refractivity contribution in [2.24, 2.45) is 0 Å². The number of para-hydroxylation sites is 2. The topological polar surface area (TPSA) is 106 Å². The number of amides is 1. The molecule has 1 amide bonds. The highest BCUT2D eigenvalue weighted by molar-refractivity contribution is 7.98. The Balaban J connectivity index is 1.46. The van der Waals surface area contributed by atoms with E-state index in [1.807, 2.05) is 30.5 Å². The van der Waals surface area contributed by atoms with Gasteiger partial charge in [0.05, 0.1) is 29.0 Å². The minimum Gasteiger partial charge on any atom is -0.346 e. The molecular weight excluding hydrogens is 400 g/mol. The van der Waals surface area contributed by atoms with Crippen LogP contribution in [-0.4, -0.2) is 42.9 Å². The molecule has 2 heterocycles. The third-order valence-electron chi connectivity index (χ3n) is 4.86. The predicted molar refractivity (Wildman–Crippen MR) is 118 cm³/mol. The molecule has 0 fully saturated rings. The van der Waals surface area contributed by atoms with Gasteiger partial charge < -0.3 is 10.3 Å². The summed E-state index contributed by atoms with van der Waals surface area (Å²) in [7, 11) is 0. The molecule has 0 spiro atoms. The highest BCUT2D eigenvalue weighted by atomic mass is 32.2. The van der Waals surface area contributed by atoms with Crippen LogP contribution in [0.4, 0.5) is 0 Å². The van der Waals surface area contributed by atoms with E-state index in [0.717, 1.165) is 29.0 Å². The highest BCUT2D eigenvalue weighted by Crippen LogP contribution is 2.20. The molecule has 1 unspecified atom stereocenters. The summed E-state index contributed by atoms with van der Waals surface area (Å²) in [6.07, 6.45) is 2.91. The normalized spacial score (nSPS) is 12.3. The van der Waals surface area contributed by atoms with Crippen LogP contribution in [0.15, 0.2) is 53.3 Å². The van der Waals surface area contributed by atoms with Crippen molar-refractivity contribution in [1.82, 2.24) is 30.3 Å². The number of aryl methyl sites for hydroxylation is 1. The summed E-state index contributed by atoms with van der Waals surface area (Å²) in [6, 6.07) is 14.6. The fourth-order valence-electron chi connectivity index (χ4n) is 3.29. The van der Waals surface area contributed by atoms with E-state index in [1.165, 1.54) is 4.68 Å². The number of nitrogens with zero attached hydrogens (tertiary/aromatic N) is 4. The Kier molecular flexibility index (Phi) is 6.08. The maximum Gasteiger partial charge on any atom is 0.277 e. The van der Waals surface area contributed by atoms with Gasteiger partial charge in [-0.3, -0.25) is 9.59 Å². The van der Waals surface area contributed by atoms with Crippen molar-refractivity contribution in [2.45, 2.75) is 25.4 Å². The van der Waals surface area contributed by atoms with Gasteiger partial charge in [0.2, 0.25) is 5.91 Å². The lowest BCUT2D eigenvalue weighted by Crippen LogP contribution is -2.32. The summed E-state index contributed by atoms with van der Waals surface area (Å²) < 4.78 is 1.24. The van der Waals surface area contributed by atoms with E-state index >= 15 is 0 Å². The van der Waals surface area contributed by atoms with Crippen molar-refractivity contribution in [3.8, 4) is 0 Å². The maximum absolute atomic E-state index is 12.6. The Morgan fingerprint density at radius 3 is 2.73 bits per heavy atom. The van der Waals surface area contributed by atoms with Crippen molar-refractivity contribution in [3.05, 3.63) is 64.7 Å². The van der Waals surface area contributed by atoms with Gasteiger partial charge in [0.25, 0.3) is 5.56 Å². The fraction of sp³-hybridized carbons (Fsp3) is 0.286. The largest absolute Gasteiger partial charge is 0.346 e. The lowest BCUT2D eigenvalue weighted by molar-refractivity contribution is -0.122. The molecule has 0 radical (unpaired) electrons. The van der Waals surface area contributed by atoms with E-state index in [2.05, 4.69) is 25.6 Å². The molecule has 4 rings (SSSR count). The lowest BCUT2D eigenvalue weighted by Gasteiger charge is -2.16. The van der Waals surface area contributed by atoms with Crippen LogP contribution >= 0.6 is 11.8 Å². The van der Waals surface area contributed by atoms with Gasteiger partial charge in [-0.2, -0.15) is 11.8 Å². The number of hydrogen-bond donors (Lipinski definition) is 2. The van der Waals surface area contributed by atoms with Crippen molar-refractivity contribution >= 4 is 39.6 Å². The Morgan fingerprint density at radius 2 is 1.93 bits per heavy atom. The van der Waals surface area contributed by atoms with Gasteiger partial charge in [-0.15, -0.1) is 5.10 Å². The monoisotopic (exact) mass is 422 g/mol. The number of nitrogens with one attached hydrogen (secondary N) is 2. The van der Waals surface area contributed by atoms with Gasteiger partial charge in [-0.05, 0) is 42.7 Å². The molecule has 9 heteroatoms. The van der Waals surface area contributed by atoms with Crippen LogP contribution in [0, 0.1) is 0 Å². The Bertz CT molecular complexity index is 1200. The molecule has 0 aliphatic rings. The number of hydrogen-bond acceptors (Lipinski definition) is 6. The van der Waals surface area contributed by atoms with Crippen LogP contribution in [0.5, 0.6) is 0 Å². The van der Waals surface area contributed by atoms with Gasteiger partial charge in [0.15, 0.2) is 0 Å². The first-order valence-electron chi connectivity index (χ1n) is 9.71. The quantitative estimate of drug-likeness (QED) is 0.452. The number of rotatable bonds is 8. The second kappa shape index (κ2) is 9.08. The van der Waals surface area contributed by atoms with Crippen molar-refractivity contribution in [3.63, 3.8) is 0 Å². The standard InChI is InChI=1S/C21H22N6O2S/c1-30-13-11-18(20-23-16-8-4-5-9-17(16)24-20)22-19(28)10-12-27-21(29)14-6-2-3-7-15(14)25-26-27/h2-9,18H,10-13H2,1H3,(H,22,28)(H,23,24). The average Bonchev–Trinajstić information content (AvgIpc) is 3.20. The van der Waals surface area contributed by atoms with Crippen molar-refractivity contribution in [1.29, 1.82) is 0 Å². The lowest BCUT2D eigenvalue weighted by atomic mass is 10.2. The first-order chi connectivity index (χ1) is 14.7. The third-order valence-corrected chi connectivity index (χ3v) is 5.51. The number of carbonyl (C=O) groups excluding carboxylic acids is 1. The Morgan fingerprint density at radius 1 is 1.17 bits per heavy atom. The smallest absolute Gasteiger partial charge is 0.277 e. The molecule has 2 aromatic carbocycles. The Hall–Kier alpha value is -3.20. The summed E-state index contributed by atoms with van der Waals surface area (Å²) in [5, 5.41) is 11.5. The number of carbonyl (C=O) groups is 1. The van der Waals surface area contributed by atoms with E-state index < -0.39 is 0 Å². The molecule has 0 aliphatic carbocycles. The summed E-state index contributed by atoms with van der Waals surface area (Å²) in [4.78, 5) is 33.1. The molecule has 2 N–H and O–H groups in total. The predicted octanol–water partition coefficient (Wildman–Crippen LogP) is 2.67. The number of imidazole rings is 1. The first kappa shape index (κ1) is 20.1. The zero-order chi connectivity index (χ0) is 20.9. The van der Waals surface area contributed by atoms with Crippen LogP contribution in [0.3, 0.4) is 0 Å². The molecule has 8 nitrogen and oxygen atoms in total. The van der Waals surface area contributed by atoms with Crippen molar-refractivity contribution < 1.29 is 4.79 Å². The third kappa shape index (κ3) is 4.35. The number of H-pyrrole nitrogens is 1. The van der Waals surface area contributed by atoms with E-state index in [9.17, 15) is 9.59 Å². The molecule has 30 heavy (non-hydrogen) atoms. The molecule has 0 aliphatic heterocycles. The SMILES string of the molecule is CSCCC(NC(=O)CCn1nnc2ccccc2c1=O)c1nc2ccccc2[nH]1. The summed E-state index contributed by atoms with van der Waals surface area (Å²) >= 11 is 1.72. The van der Waals surface area contributed by atoms with E-state index in [1.54, 1.807) is 36.0 Å². The van der Waals surface area contributed by atoms with E-state index in [0.29, 0.717) is 10.9 Å². The highest BCUT2D eigenvalue weighted by Gasteiger charge is 2.18. The maximum atomic E-state index is 12.6. The second-order valence-electron chi connectivity index (χ2n) is 6.93. The van der Waals surface area contributed by atoms with Gasteiger partial charge >= 0.3 is 0 Å². The van der Waals surface area contributed by atoms with E-state index in [-0.39, 0.29) is 30.5 Å². The molecule has 0 saturated heterocycles.